The van der Waals surface area contributed by atoms with Crippen LogP contribution in [0.2, 0.25) is 0 Å². The van der Waals surface area contributed by atoms with Gasteiger partial charge in [0.15, 0.2) is 11.6 Å². The van der Waals surface area contributed by atoms with Gasteiger partial charge in [-0.3, -0.25) is 4.98 Å². The number of rotatable bonds is 2. The summed E-state index contributed by atoms with van der Waals surface area (Å²) in [6.45, 7) is 5.09. The Balaban J connectivity index is 1.64. The van der Waals surface area contributed by atoms with Gasteiger partial charge in [-0.2, -0.15) is 0 Å². The van der Waals surface area contributed by atoms with E-state index in [1.807, 2.05) is 24.4 Å². The first kappa shape index (κ1) is 15.7. The van der Waals surface area contributed by atoms with Crippen molar-refractivity contribution < 1.29 is 8.78 Å². The van der Waals surface area contributed by atoms with Crippen molar-refractivity contribution in [3.63, 3.8) is 0 Å². The molecule has 1 saturated heterocycles. The van der Waals surface area contributed by atoms with Crippen LogP contribution in [0.4, 0.5) is 20.2 Å². The lowest BCUT2D eigenvalue weighted by atomic mass is 10.1. The minimum atomic E-state index is -0.878. The summed E-state index contributed by atoms with van der Waals surface area (Å²) in [6.07, 6.45) is 3.62. The van der Waals surface area contributed by atoms with Crippen LogP contribution in [0, 0.1) is 18.6 Å². The van der Waals surface area contributed by atoms with Crippen molar-refractivity contribution in [2.24, 2.45) is 0 Å². The standard InChI is InChI=1S/C19H18F2N4/c1-13-11-17(15-4-5-16(20)18(21)19(15)23-13)25-9-7-24(8-10-25)14-3-2-6-22-12-14/h2-6,11-12H,7-10H2,1H3. The van der Waals surface area contributed by atoms with Crippen LogP contribution in [-0.4, -0.2) is 36.1 Å². The largest absolute Gasteiger partial charge is 0.367 e. The zero-order chi connectivity index (χ0) is 17.4. The summed E-state index contributed by atoms with van der Waals surface area (Å²) >= 11 is 0. The number of aromatic nitrogens is 2. The number of hydrogen-bond donors (Lipinski definition) is 0. The van der Waals surface area contributed by atoms with E-state index in [-0.39, 0.29) is 5.52 Å². The molecule has 0 amide bonds. The van der Waals surface area contributed by atoms with Crippen LogP contribution in [0.3, 0.4) is 0 Å². The number of piperazine rings is 1. The van der Waals surface area contributed by atoms with E-state index in [1.165, 1.54) is 6.07 Å². The Hall–Kier alpha value is -2.76. The summed E-state index contributed by atoms with van der Waals surface area (Å²) in [4.78, 5) is 12.8. The molecule has 1 aromatic carbocycles. The van der Waals surface area contributed by atoms with E-state index in [9.17, 15) is 8.78 Å². The van der Waals surface area contributed by atoms with Gasteiger partial charge in [0.25, 0.3) is 0 Å². The monoisotopic (exact) mass is 340 g/mol. The van der Waals surface area contributed by atoms with Gasteiger partial charge in [-0.05, 0) is 37.3 Å². The van der Waals surface area contributed by atoms with E-state index >= 15 is 0 Å². The number of nitrogens with zero attached hydrogens (tertiary/aromatic N) is 4. The number of hydrogen-bond acceptors (Lipinski definition) is 4. The van der Waals surface area contributed by atoms with Gasteiger partial charge in [0.05, 0.1) is 11.9 Å². The average molecular weight is 340 g/mol. The van der Waals surface area contributed by atoms with Gasteiger partial charge in [-0.1, -0.05) is 0 Å². The number of fused-ring (bicyclic) bond motifs is 1. The molecule has 25 heavy (non-hydrogen) atoms. The highest BCUT2D eigenvalue weighted by atomic mass is 19.2. The fraction of sp³-hybridized carbons (Fsp3) is 0.263. The van der Waals surface area contributed by atoms with E-state index in [0.717, 1.165) is 37.6 Å². The van der Waals surface area contributed by atoms with Crippen molar-refractivity contribution in [2.75, 3.05) is 36.0 Å². The first-order chi connectivity index (χ1) is 12.1. The molecule has 3 heterocycles. The minimum absolute atomic E-state index is 0.102. The Morgan fingerprint density at radius 2 is 1.76 bits per heavy atom. The first-order valence-electron chi connectivity index (χ1n) is 8.29. The summed E-state index contributed by atoms with van der Waals surface area (Å²) in [7, 11) is 0. The predicted molar refractivity (Wildman–Crippen MR) is 95.1 cm³/mol. The maximum atomic E-state index is 14.1. The van der Waals surface area contributed by atoms with Crippen molar-refractivity contribution in [1.82, 2.24) is 9.97 Å². The van der Waals surface area contributed by atoms with Gasteiger partial charge >= 0.3 is 0 Å². The third kappa shape index (κ3) is 2.88. The molecule has 0 saturated carbocycles. The fourth-order valence-electron chi connectivity index (χ4n) is 3.35. The Labute approximate surface area is 144 Å². The van der Waals surface area contributed by atoms with Crippen LogP contribution < -0.4 is 9.80 Å². The smallest absolute Gasteiger partial charge is 0.185 e. The van der Waals surface area contributed by atoms with Gasteiger partial charge < -0.3 is 9.80 Å². The van der Waals surface area contributed by atoms with E-state index in [1.54, 1.807) is 19.2 Å². The Morgan fingerprint density at radius 1 is 1.00 bits per heavy atom. The summed E-state index contributed by atoms with van der Waals surface area (Å²) in [5.74, 6) is -1.74. The summed E-state index contributed by atoms with van der Waals surface area (Å²) in [6, 6.07) is 8.71. The second kappa shape index (κ2) is 6.27. The molecule has 4 rings (SSSR count). The van der Waals surface area contributed by atoms with Crippen LogP contribution in [0.1, 0.15) is 5.69 Å². The lowest BCUT2D eigenvalue weighted by Gasteiger charge is -2.37. The minimum Gasteiger partial charge on any atom is -0.367 e. The van der Waals surface area contributed by atoms with Crippen LogP contribution in [0.5, 0.6) is 0 Å². The van der Waals surface area contributed by atoms with Gasteiger partial charge in [0, 0.05) is 49.1 Å². The summed E-state index contributed by atoms with van der Waals surface area (Å²) in [5.41, 5.74) is 2.80. The lowest BCUT2D eigenvalue weighted by Crippen LogP contribution is -2.46. The van der Waals surface area contributed by atoms with Crippen LogP contribution in [0.25, 0.3) is 10.9 Å². The second-order valence-corrected chi connectivity index (χ2v) is 6.23. The molecule has 128 valence electrons. The molecule has 1 aliphatic heterocycles. The molecule has 0 atom stereocenters. The molecule has 1 fully saturated rings. The summed E-state index contributed by atoms with van der Waals surface area (Å²) < 4.78 is 27.7. The molecule has 3 aromatic rings. The molecule has 0 bridgehead atoms. The van der Waals surface area contributed by atoms with Crippen LogP contribution in [0.15, 0.2) is 42.7 Å². The van der Waals surface area contributed by atoms with Crippen molar-refractivity contribution in [2.45, 2.75) is 6.92 Å². The Bertz CT molecular complexity index is 906. The molecule has 2 aromatic heterocycles. The van der Waals surface area contributed by atoms with Crippen molar-refractivity contribution in [1.29, 1.82) is 0 Å². The molecule has 0 spiro atoms. The molecule has 0 aliphatic carbocycles. The first-order valence-corrected chi connectivity index (χ1v) is 8.29. The molecule has 4 nitrogen and oxygen atoms in total. The maximum Gasteiger partial charge on any atom is 0.185 e. The zero-order valence-corrected chi connectivity index (χ0v) is 13.9. The second-order valence-electron chi connectivity index (χ2n) is 6.23. The van der Waals surface area contributed by atoms with E-state index in [2.05, 4.69) is 19.8 Å². The van der Waals surface area contributed by atoms with Crippen molar-refractivity contribution in [3.8, 4) is 0 Å². The third-order valence-corrected chi connectivity index (χ3v) is 4.61. The lowest BCUT2D eigenvalue weighted by molar-refractivity contribution is 0.515. The average Bonchev–Trinajstić information content (AvgIpc) is 2.65. The topological polar surface area (TPSA) is 32.3 Å². The molecule has 1 aliphatic rings. The Morgan fingerprint density at radius 3 is 2.48 bits per heavy atom. The summed E-state index contributed by atoms with van der Waals surface area (Å²) in [5, 5.41) is 0.652. The van der Waals surface area contributed by atoms with Crippen molar-refractivity contribution in [3.05, 3.63) is 60.1 Å². The highest BCUT2D eigenvalue weighted by Gasteiger charge is 2.21. The molecule has 6 heteroatoms. The maximum absolute atomic E-state index is 14.1. The van der Waals surface area contributed by atoms with Crippen LogP contribution >= 0.6 is 0 Å². The fourth-order valence-corrected chi connectivity index (χ4v) is 3.35. The third-order valence-electron chi connectivity index (χ3n) is 4.61. The van der Waals surface area contributed by atoms with Crippen LogP contribution in [-0.2, 0) is 0 Å². The quantitative estimate of drug-likeness (QED) is 0.714. The molecule has 0 radical (unpaired) electrons. The molecular formula is C19H18F2N4. The SMILES string of the molecule is Cc1cc(N2CCN(c3cccnc3)CC2)c2ccc(F)c(F)c2n1. The highest BCUT2D eigenvalue weighted by molar-refractivity contribution is 5.92. The van der Waals surface area contributed by atoms with Crippen molar-refractivity contribution >= 4 is 22.3 Å². The van der Waals surface area contributed by atoms with Gasteiger partial charge in [0.2, 0.25) is 0 Å². The van der Waals surface area contributed by atoms with E-state index < -0.39 is 11.6 Å². The zero-order valence-electron chi connectivity index (χ0n) is 13.9. The molecular weight excluding hydrogens is 322 g/mol. The normalized spacial score (nSPS) is 15.0. The van der Waals surface area contributed by atoms with E-state index in [4.69, 9.17) is 0 Å². The number of anilines is 2. The van der Waals surface area contributed by atoms with E-state index in [0.29, 0.717) is 11.1 Å². The van der Waals surface area contributed by atoms with Gasteiger partial charge in [0.1, 0.15) is 5.52 Å². The number of halogens is 2. The number of aryl methyl sites for hydroxylation is 1. The number of pyridine rings is 2. The van der Waals surface area contributed by atoms with Gasteiger partial charge in [-0.15, -0.1) is 0 Å². The molecule has 0 N–H and O–H groups in total. The number of benzene rings is 1. The molecule has 0 unspecified atom stereocenters. The highest BCUT2D eigenvalue weighted by Crippen LogP contribution is 2.30. The predicted octanol–water partition coefficient (Wildman–Crippen LogP) is 3.54. The van der Waals surface area contributed by atoms with Gasteiger partial charge in [-0.25, -0.2) is 13.8 Å². The Kier molecular flexibility index (Phi) is 3.95.